The third kappa shape index (κ3) is 4.45. The lowest BCUT2D eigenvalue weighted by Gasteiger charge is -2.28. The second kappa shape index (κ2) is 5.88. The number of carbonyl (C=O) groups excluding carboxylic acids is 1. The van der Waals surface area contributed by atoms with Crippen molar-refractivity contribution in [2.75, 3.05) is 26.3 Å². The van der Waals surface area contributed by atoms with Gasteiger partial charge in [0, 0.05) is 12.6 Å². The molecule has 1 fully saturated rings. The number of rotatable bonds is 4. The van der Waals surface area contributed by atoms with Crippen molar-refractivity contribution in [2.45, 2.75) is 26.1 Å². The van der Waals surface area contributed by atoms with E-state index >= 15 is 0 Å². The lowest BCUT2D eigenvalue weighted by Crippen LogP contribution is -2.48. The van der Waals surface area contributed by atoms with E-state index in [9.17, 15) is 18.0 Å². The minimum Gasteiger partial charge on any atom is -0.379 e. The molecule has 0 aromatic rings. The molecular formula is C11H19F3N2O2. The van der Waals surface area contributed by atoms with Gasteiger partial charge in [-0.25, -0.2) is 0 Å². The highest BCUT2D eigenvalue weighted by Crippen LogP contribution is 2.21. The van der Waals surface area contributed by atoms with E-state index in [1.165, 1.54) is 0 Å². The molecule has 18 heavy (non-hydrogen) atoms. The molecule has 1 aliphatic heterocycles. The van der Waals surface area contributed by atoms with Crippen LogP contribution in [0.4, 0.5) is 13.2 Å². The maximum absolute atomic E-state index is 12.4. The third-order valence-electron chi connectivity index (χ3n) is 2.71. The van der Waals surface area contributed by atoms with Gasteiger partial charge in [-0.05, 0) is 5.92 Å². The summed E-state index contributed by atoms with van der Waals surface area (Å²) in [7, 11) is 0. The molecule has 2 atom stereocenters. The summed E-state index contributed by atoms with van der Waals surface area (Å²) in [4.78, 5) is 12.9. The van der Waals surface area contributed by atoms with Crippen LogP contribution in [0.3, 0.4) is 0 Å². The fourth-order valence-corrected chi connectivity index (χ4v) is 1.95. The summed E-state index contributed by atoms with van der Waals surface area (Å²) >= 11 is 0. The van der Waals surface area contributed by atoms with Crippen molar-refractivity contribution in [2.24, 2.45) is 17.6 Å². The Morgan fingerprint density at radius 3 is 2.44 bits per heavy atom. The number of carbonyl (C=O) groups is 1. The van der Waals surface area contributed by atoms with Crippen LogP contribution in [-0.4, -0.2) is 49.3 Å². The van der Waals surface area contributed by atoms with Crippen molar-refractivity contribution in [1.82, 2.24) is 4.90 Å². The first-order valence-electron chi connectivity index (χ1n) is 5.89. The number of hydrogen-bond acceptors (Lipinski definition) is 3. The van der Waals surface area contributed by atoms with Gasteiger partial charge in [0.15, 0.2) is 0 Å². The Morgan fingerprint density at radius 1 is 1.44 bits per heavy atom. The molecule has 0 aliphatic carbocycles. The van der Waals surface area contributed by atoms with E-state index in [1.807, 2.05) is 0 Å². The summed E-state index contributed by atoms with van der Waals surface area (Å²) in [6.07, 6.45) is -4.39. The number of halogens is 3. The number of nitrogens with zero attached hydrogens (tertiary/aromatic N) is 1. The molecule has 0 radical (unpaired) electrons. The van der Waals surface area contributed by atoms with Gasteiger partial charge in [-0.1, -0.05) is 13.8 Å². The molecule has 1 saturated heterocycles. The molecule has 106 valence electrons. The van der Waals surface area contributed by atoms with Crippen LogP contribution in [0.1, 0.15) is 13.8 Å². The molecule has 4 nitrogen and oxygen atoms in total. The van der Waals surface area contributed by atoms with Crippen LogP contribution in [0.15, 0.2) is 0 Å². The Balaban J connectivity index is 2.72. The van der Waals surface area contributed by atoms with E-state index < -0.39 is 30.6 Å². The smallest absolute Gasteiger partial charge is 0.379 e. The molecule has 1 aliphatic rings. The molecular weight excluding hydrogens is 249 g/mol. The summed E-state index contributed by atoms with van der Waals surface area (Å²) in [5, 5.41) is 0. The Morgan fingerprint density at radius 2 is 2.06 bits per heavy atom. The van der Waals surface area contributed by atoms with Crippen LogP contribution < -0.4 is 5.73 Å². The minimum atomic E-state index is -4.39. The predicted molar refractivity (Wildman–Crippen MR) is 59.8 cm³/mol. The Hall–Kier alpha value is -0.820. The first-order chi connectivity index (χ1) is 8.20. The van der Waals surface area contributed by atoms with Crippen LogP contribution in [0.5, 0.6) is 0 Å². The van der Waals surface area contributed by atoms with Crippen molar-refractivity contribution >= 4 is 5.91 Å². The van der Waals surface area contributed by atoms with Gasteiger partial charge in [-0.2, -0.15) is 13.2 Å². The molecule has 2 unspecified atom stereocenters. The average Bonchev–Trinajstić information content (AvgIpc) is 2.59. The molecule has 7 heteroatoms. The number of hydrogen-bond donors (Lipinski definition) is 1. The maximum atomic E-state index is 12.4. The topological polar surface area (TPSA) is 55.6 Å². The van der Waals surface area contributed by atoms with Gasteiger partial charge in [0.2, 0.25) is 5.91 Å². The van der Waals surface area contributed by atoms with E-state index in [2.05, 4.69) is 0 Å². The number of nitrogens with two attached hydrogens (primary N) is 1. The largest absolute Gasteiger partial charge is 0.406 e. The van der Waals surface area contributed by atoms with Crippen molar-refractivity contribution in [3.63, 3.8) is 0 Å². The van der Waals surface area contributed by atoms with Gasteiger partial charge < -0.3 is 15.4 Å². The minimum absolute atomic E-state index is 0.0326. The Bertz CT molecular complexity index is 295. The fraction of sp³-hybridized carbons (Fsp3) is 0.909. The first kappa shape index (κ1) is 15.2. The van der Waals surface area contributed by atoms with Crippen LogP contribution in [-0.2, 0) is 9.53 Å². The molecule has 0 aromatic carbocycles. The number of alkyl halides is 3. The second-order valence-electron chi connectivity index (χ2n) is 5.04. The molecule has 0 saturated carbocycles. The zero-order valence-electron chi connectivity index (χ0n) is 10.5. The summed E-state index contributed by atoms with van der Waals surface area (Å²) in [5.41, 5.74) is 5.66. The maximum Gasteiger partial charge on any atom is 0.406 e. The van der Waals surface area contributed by atoms with Crippen LogP contribution in [0.25, 0.3) is 0 Å². The lowest BCUT2D eigenvalue weighted by molar-refractivity contribution is -0.164. The second-order valence-corrected chi connectivity index (χ2v) is 5.04. The molecule has 1 rings (SSSR count). The van der Waals surface area contributed by atoms with Crippen molar-refractivity contribution in [1.29, 1.82) is 0 Å². The highest BCUT2D eigenvalue weighted by molar-refractivity contribution is 5.80. The van der Waals surface area contributed by atoms with Crippen LogP contribution >= 0.6 is 0 Å². The number of amides is 1. The number of ether oxygens (including phenoxy) is 1. The van der Waals surface area contributed by atoms with Gasteiger partial charge >= 0.3 is 6.18 Å². The van der Waals surface area contributed by atoms with Gasteiger partial charge in [0.1, 0.15) is 6.54 Å². The highest BCUT2D eigenvalue weighted by atomic mass is 19.4. The zero-order chi connectivity index (χ0) is 13.9. The molecule has 1 heterocycles. The normalized spacial score (nSPS) is 24.6. The van der Waals surface area contributed by atoms with Gasteiger partial charge in [-0.3, -0.25) is 4.79 Å². The predicted octanol–water partition coefficient (Wildman–Crippen LogP) is 1.01. The summed E-state index contributed by atoms with van der Waals surface area (Å²) in [6.45, 7) is 2.70. The lowest BCUT2D eigenvalue weighted by atomic mass is 10.0. The highest BCUT2D eigenvalue weighted by Gasteiger charge is 2.39. The van der Waals surface area contributed by atoms with Crippen molar-refractivity contribution in [3.05, 3.63) is 0 Å². The molecule has 2 N–H and O–H groups in total. The van der Waals surface area contributed by atoms with E-state index in [1.54, 1.807) is 13.8 Å². The van der Waals surface area contributed by atoms with E-state index in [0.29, 0.717) is 0 Å². The standard InChI is InChI=1S/C11H19F3N2O2/c1-7(2)3-16(6-11(12,13)14)10(17)8-4-18-5-9(8)15/h7-9H,3-6,15H2,1-2H3. The van der Waals surface area contributed by atoms with E-state index in [0.717, 1.165) is 4.90 Å². The quantitative estimate of drug-likeness (QED) is 0.827. The van der Waals surface area contributed by atoms with E-state index in [4.69, 9.17) is 10.5 Å². The molecule has 0 aromatic heterocycles. The van der Waals surface area contributed by atoms with Crippen molar-refractivity contribution < 1.29 is 22.7 Å². The molecule has 1 amide bonds. The van der Waals surface area contributed by atoms with Gasteiger partial charge in [-0.15, -0.1) is 0 Å². The van der Waals surface area contributed by atoms with Gasteiger partial charge in [0.05, 0.1) is 19.1 Å². The average molecular weight is 268 g/mol. The fourth-order valence-electron chi connectivity index (χ4n) is 1.95. The molecule has 0 bridgehead atoms. The third-order valence-corrected chi connectivity index (χ3v) is 2.71. The SMILES string of the molecule is CC(C)CN(CC(F)(F)F)C(=O)C1COCC1N. The van der Waals surface area contributed by atoms with Crippen molar-refractivity contribution in [3.8, 4) is 0 Å². The summed E-state index contributed by atoms with van der Waals surface area (Å²) < 4.78 is 42.4. The first-order valence-corrected chi connectivity index (χ1v) is 5.89. The summed E-state index contributed by atoms with van der Waals surface area (Å²) in [5.74, 6) is -1.26. The van der Waals surface area contributed by atoms with E-state index in [-0.39, 0.29) is 25.7 Å². The molecule has 0 spiro atoms. The summed E-state index contributed by atoms with van der Waals surface area (Å²) in [6, 6.07) is -0.514. The Labute approximate surface area is 104 Å². The van der Waals surface area contributed by atoms with Crippen LogP contribution in [0.2, 0.25) is 0 Å². The monoisotopic (exact) mass is 268 g/mol. The Kier molecular flexibility index (Phi) is 4.98. The van der Waals surface area contributed by atoms with Crippen LogP contribution in [0, 0.1) is 11.8 Å². The van der Waals surface area contributed by atoms with Gasteiger partial charge in [0.25, 0.3) is 0 Å². The zero-order valence-corrected chi connectivity index (χ0v) is 10.5.